The molecule has 17 N–H and O–H groups in total. The number of esters is 1. The number of likely N-dealkylation sites (N-methyl/N-ethyl adjacent to an activating group) is 1. The first-order valence-electron chi connectivity index (χ1n) is 41.5. The summed E-state index contributed by atoms with van der Waals surface area (Å²) in [5, 5.41) is 55.7. The third-order valence-corrected chi connectivity index (χ3v) is 29.4. The first-order chi connectivity index (χ1) is 60.5. The van der Waals surface area contributed by atoms with Gasteiger partial charge in [0.2, 0.25) is 69.1 Å². The van der Waals surface area contributed by atoms with E-state index in [2.05, 4.69) is 52.2 Å². The number of sulfonamides is 1. The van der Waals surface area contributed by atoms with Crippen LogP contribution in [0.4, 0.5) is 10.5 Å². The predicted molar refractivity (Wildman–Crippen MR) is 488 cm³/mol. The summed E-state index contributed by atoms with van der Waals surface area (Å²) >= 11 is 6.91. The molecule has 128 heavy (non-hydrogen) atoms. The number of ether oxygens (including phenoxy) is 5. The van der Waals surface area contributed by atoms with Crippen molar-refractivity contribution in [2.75, 3.05) is 63.3 Å². The molecule has 0 saturated carbocycles. The van der Waals surface area contributed by atoms with Gasteiger partial charge in [0.05, 0.1) is 37.7 Å². The standard InChI is InChI=1S/C86H115ClN14O22S5/c1-46-21-20-27-66(120-11)86(116)42-65(121-83(115)98-86)47(2)73-85(7,123-73)67(41-69(105)101(9)63-38-52(35-46)39-64(119-10)70(63)87)122-82(114)48(3)100(8)68(104)32-34-124-127-84(5,6)72(74(89)106)97-80(112)62-45-126-125-44-61(94-78(110)60(99-128(12,117)118)37-50-22-14-13-15-23-50)79(111)92-58(36-51-28-30-54(103)31-29-51)76(108)93-59(40-53-43-90-56-25-17-16-24-55(53)56)77(109)91-57(26-18-19-33-88)75(107)96-71(49(4)102)81(113)95-62/h13-17,20-25,27-31,38-39,43,47-49,57-62,65-67,71-73,90,99,102-103,116H,18-19,26,32-37,40-42,44-45,88H2,1-12H3,(H2,89,106)(H,91,109)(H,92,111)(H,93,108)(H,94,110)(H,95,113)(H,96,107)(H,97,112)(H,98,115)/b27-20+,46-21+/t47-,48+,49-,57+,58+,59-,60-,61+,62+,65+,66-,67+,71+,72-,73?,85+,86+/m1/s1. The number of para-hydroxylation sites is 1. The second-order valence-corrected chi connectivity index (χ2v) is 40.7. The fourth-order valence-electron chi connectivity index (χ4n) is 15.1. The van der Waals surface area contributed by atoms with Crippen molar-refractivity contribution in [1.82, 2.24) is 57.1 Å². The number of aromatic amines is 1. The minimum atomic E-state index is -4.14. The van der Waals surface area contributed by atoms with E-state index >= 15 is 19.2 Å². The number of hydrogen-bond acceptors (Lipinski definition) is 27. The van der Waals surface area contributed by atoms with Gasteiger partial charge in [0.25, 0.3) is 0 Å². The third kappa shape index (κ3) is 27.7. The number of methoxy groups -OCH3 is 2. The molecule has 1 aromatic heterocycles. The van der Waals surface area contributed by atoms with Crippen LogP contribution in [-0.4, -0.2) is 264 Å². The van der Waals surface area contributed by atoms with Crippen LogP contribution in [0.3, 0.4) is 0 Å². The molecular weight excluding hydrogens is 1780 g/mol. The number of nitrogens with zero attached hydrogens (tertiary/aromatic N) is 2. The zero-order valence-corrected chi connectivity index (χ0v) is 77.9. The number of phenolic OH excluding ortho intramolecular Hbond substituents is 1. The third-order valence-electron chi connectivity index (χ3n) is 22.6. The summed E-state index contributed by atoms with van der Waals surface area (Å²) in [6.45, 7) is 11.1. The van der Waals surface area contributed by atoms with Crippen molar-refractivity contribution in [2.45, 2.75) is 214 Å². The van der Waals surface area contributed by atoms with Crippen molar-refractivity contribution < 1.29 is 105 Å². The number of primary amides is 1. The molecule has 3 fully saturated rings. The highest BCUT2D eigenvalue weighted by Gasteiger charge is 2.65. The predicted octanol–water partition coefficient (Wildman–Crippen LogP) is 3.68. The van der Waals surface area contributed by atoms with Gasteiger partial charge in [0.15, 0.2) is 5.72 Å². The molecule has 36 nitrogen and oxygen atoms in total. The number of epoxide rings is 1. The molecule has 3 saturated heterocycles. The molecule has 698 valence electrons. The van der Waals surface area contributed by atoms with E-state index in [4.69, 9.17) is 46.8 Å². The van der Waals surface area contributed by atoms with E-state index in [1.54, 1.807) is 119 Å². The highest BCUT2D eigenvalue weighted by atomic mass is 35.5. The van der Waals surface area contributed by atoms with Gasteiger partial charge in [0.1, 0.15) is 94.8 Å². The number of phenols is 1. The Morgan fingerprint density at radius 1 is 0.859 bits per heavy atom. The smallest absolute Gasteiger partial charge is 0.409 e. The zero-order valence-electron chi connectivity index (χ0n) is 73.1. The highest BCUT2D eigenvalue weighted by Crippen LogP contribution is 2.50. The lowest BCUT2D eigenvalue weighted by atomic mass is 9.83. The number of amides is 11. The molecule has 5 aromatic rings. The molecule has 9 rings (SSSR count). The number of H-pyrrole nitrogens is 1. The van der Waals surface area contributed by atoms with E-state index in [1.165, 1.54) is 71.3 Å². The van der Waals surface area contributed by atoms with Crippen LogP contribution >= 0.6 is 54.8 Å². The molecule has 4 aliphatic rings. The molecular formula is C86H115ClN14O22S5. The summed E-state index contributed by atoms with van der Waals surface area (Å²) in [7, 11) is 5.38. The zero-order chi connectivity index (χ0) is 93.9. The molecule has 5 heterocycles. The van der Waals surface area contributed by atoms with E-state index in [9.17, 15) is 62.1 Å². The Labute approximate surface area is 763 Å². The number of carbonyl (C=O) groups excluding carboxylic acids is 12. The van der Waals surface area contributed by atoms with Crippen LogP contribution in [0.5, 0.6) is 11.5 Å². The molecule has 4 aliphatic heterocycles. The summed E-state index contributed by atoms with van der Waals surface area (Å²) in [6.07, 6.45) is -0.145. The van der Waals surface area contributed by atoms with E-state index in [1.807, 2.05) is 6.92 Å². The van der Waals surface area contributed by atoms with Crippen LogP contribution < -0.4 is 68.4 Å². The number of alkyl carbamates (subject to hydrolysis) is 1. The number of benzene rings is 4. The minimum absolute atomic E-state index is 0.0192. The number of aliphatic hydroxyl groups is 2. The Kier molecular flexibility index (Phi) is 36.5. The van der Waals surface area contributed by atoms with Crippen molar-refractivity contribution in [2.24, 2.45) is 17.4 Å². The fourth-order valence-corrected chi connectivity index (χ4v) is 21.0. The normalized spacial score (nSPS) is 26.1. The maximum Gasteiger partial charge on any atom is 0.409 e. The number of unbranched alkanes of at least 4 members (excludes halogenated alkanes) is 1. The molecule has 42 heteroatoms. The molecule has 1 unspecified atom stereocenters. The van der Waals surface area contributed by atoms with Crippen LogP contribution in [0.25, 0.3) is 10.9 Å². The Balaban J connectivity index is 0.951. The maximum absolute atomic E-state index is 15.2. The fraction of sp³-hybridized carbons (Fsp3) is 0.512. The number of aliphatic hydroxyl groups excluding tert-OH is 1. The number of hydrogen-bond donors (Lipinski definition) is 15. The number of carbonyl (C=O) groups is 12. The van der Waals surface area contributed by atoms with Gasteiger partial charge in [-0.05, 0) is 133 Å². The molecule has 0 spiro atoms. The number of nitrogens with two attached hydrogens (primary N) is 2. The average Bonchev–Trinajstić information content (AvgIpc) is 1.57. The van der Waals surface area contributed by atoms with Gasteiger partial charge in [-0.3, -0.25) is 53.3 Å². The summed E-state index contributed by atoms with van der Waals surface area (Å²) in [5.41, 5.74) is 12.6. The lowest BCUT2D eigenvalue weighted by Gasteiger charge is -2.42. The monoisotopic (exact) mass is 1890 g/mol. The Hall–Kier alpha value is -9.66. The number of anilines is 1. The minimum Gasteiger partial charge on any atom is -0.508 e. The first-order valence-corrected chi connectivity index (χ1v) is 48.6. The van der Waals surface area contributed by atoms with Crippen molar-refractivity contribution in [3.8, 4) is 11.5 Å². The van der Waals surface area contributed by atoms with Gasteiger partial charge in [0, 0.05) is 91.9 Å². The Bertz CT molecular complexity index is 5020. The van der Waals surface area contributed by atoms with E-state index in [-0.39, 0.29) is 79.5 Å². The quantitative estimate of drug-likeness (QED) is 0.0140. The van der Waals surface area contributed by atoms with Crippen LogP contribution in [0.15, 0.2) is 121 Å². The van der Waals surface area contributed by atoms with Crippen LogP contribution in [0.2, 0.25) is 5.02 Å². The molecule has 0 aliphatic carbocycles. The number of nitrogens with one attached hydrogen (secondary N) is 10. The summed E-state index contributed by atoms with van der Waals surface area (Å²) in [6, 6.07) is 10.3. The average molecular weight is 1890 g/mol. The van der Waals surface area contributed by atoms with E-state index in [0.717, 1.165) is 59.9 Å². The van der Waals surface area contributed by atoms with Gasteiger partial charge in [-0.1, -0.05) is 146 Å². The number of rotatable bonds is 29. The highest BCUT2D eigenvalue weighted by molar-refractivity contribution is 8.77. The Morgan fingerprint density at radius 3 is 2.18 bits per heavy atom. The topological polar surface area (TPSA) is 532 Å². The van der Waals surface area contributed by atoms with Gasteiger partial charge >= 0.3 is 12.1 Å². The van der Waals surface area contributed by atoms with E-state index < -0.39 is 206 Å². The van der Waals surface area contributed by atoms with Crippen molar-refractivity contribution >= 4 is 153 Å². The number of aromatic hydroxyl groups is 1. The summed E-state index contributed by atoms with van der Waals surface area (Å²) < 4.78 is 56.6. The number of fused-ring (bicyclic) bond motifs is 6. The Morgan fingerprint density at radius 2 is 1.52 bits per heavy atom. The van der Waals surface area contributed by atoms with E-state index in [0.29, 0.717) is 46.0 Å². The molecule has 4 bridgehead atoms. The second-order valence-electron chi connectivity index (χ2n) is 33.0. The number of halogens is 1. The molecule has 4 aromatic carbocycles. The molecule has 0 radical (unpaired) electrons. The lowest BCUT2D eigenvalue weighted by molar-refractivity contribution is -0.162. The largest absolute Gasteiger partial charge is 0.508 e. The van der Waals surface area contributed by atoms with Crippen molar-refractivity contribution in [3.05, 3.63) is 148 Å². The lowest BCUT2D eigenvalue weighted by Crippen LogP contribution is -2.63. The first kappa shape index (κ1) is 102. The van der Waals surface area contributed by atoms with Crippen LogP contribution in [-0.2, 0) is 107 Å². The van der Waals surface area contributed by atoms with Crippen LogP contribution in [0, 0.1) is 5.92 Å². The van der Waals surface area contributed by atoms with Crippen LogP contribution in [0.1, 0.15) is 109 Å². The van der Waals surface area contributed by atoms with Crippen molar-refractivity contribution in [3.63, 3.8) is 0 Å². The molecule has 17 atom stereocenters. The van der Waals surface area contributed by atoms with Crippen molar-refractivity contribution in [1.29, 1.82) is 0 Å². The number of aromatic nitrogens is 1. The van der Waals surface area contributed by atoms with Gasteiger partial charge in [-0.15, -0.1) is 0 Å². The summed E-state index contributed by atoms with van der Waals surface area (Å²) in [5.74, 6) is -11.6. The molecule has 11 amide bonds. The maximum atomic E-state index is 15.2. The summed E-state index contributed by atoms with van der Waals surface area (Å²) in [4.78, 5) is 181. The SMILES string of the molecule is COc1cc2cc(c1Cl)N(C)C(=O)C[C@H](OC(=O)[C@H](C)N(C)C(=O)CCSSC(C)(C)[C@H](NC(=O)[C@@H]1CSSC[C@H](NC(=O)[C@@H](Cc3ccccc3)NS(C)(=O)=O)C(=O)N[C@@H](Cc3ccc(O)cc3)C(=O)N[C@H](Cc3c[nH]c4ccccc34)C(=O)N[C@@H](CCCCN)C(=O)N[C@@H]([C@@H](C)O)C(=O)N1)C(N)=O)[C@]1(C)OC1[C@H](C)[C@@H]1C[C@@](O)(NC(=O)O1)[C@H](OC)/C=C/C=C(\C)C2. The van der Waals surface area contributed by atoms with Gasteiger partial charge in [-0.2, -0.15) is 0 Å². The van der Waals surface area contributed by atoms with Gasteiger partial charge < -0.3 is 102 Å². The van der Waals surface area contributed by atoms with Gasteiger partial charge in [-0.25, -0.2) is 22.7 Å². The number of allylic oxidation sites excluding steroid dienone is 3. The second kappa shape index (κ2) is 45.7.